The number of hydrogen-bond donors (Lipinski definition) is 0. The molecule has 0 N–H and O–H groups in total. The maximum absolute atomic E-state index is 13.3. The molecule has 2 fully saturated rings. The first-order valence-corrected chi connectivity index (χ1v) is 12.0. The molecule has 1 aromatic carbocycles. The van der Waals surface area contributed by atoms with E-state index >= 15 is 0 Å². The van der Waals surface area contributed by atoms with Crippen molar-refractivity contribution in [3.63, 3.8) is 0 Å². The van der Waals surface area contributed by atoms with Gasteiger partial charge in [-0.05, 0) is 43.9 Å². The van der Waals surface area contributed by atoms with Gasteiger partial charge in [-0.2, -0.15) is 13.2 Å². The fourth-order valence-corrected chi connectivity index (χ4v) is 5.43. The van der Waals surface area contributed by atoms with E-state index in [-0.39, 0.29) is 36.4 Å². The van der Waals surface area contributed by atoms with Crippen LogP contribution in [0.15, 0.2) is 24.3 Å². The third-order valence-electron chi connectivity index (χ3n) is 7.20. The molecule has 4 heterocycles. The summed E-state index contributed by atoms with van der Waals surface area (Å²) in [6.07, 6.45) is 1.62. The van der Waals surface area contributed by atoms with Crippen molar-refractivity contribution in [1.82, 2.24) is 19.7 Å². The number of aryl methyl sites for hydroxylation is 1. The highest BCUT2D eigenvalue weighted by atomic mass is 19.4. The Bertz CT molecular complexity index is 1080. The number of rotatable bonds is 3. The van der Waals surface area contributed by atoms with E-state index in [4.69, 9.17) is 0 Å². The first-order valence-electron chi connectivity index (χ1n) is 12.0. The lowest BCUT2D eigenvalue weighted by molar-refractivity contribution is -0.138. The Morgan fingerprint density at radius 3 is 2.71 bits per heavy atom. The number of hydrogen-bond acceptors (Lipinski definition) is 4. The van der Waals surface area contributed by atoms with Gasteiger partial charge in [-0.25, -0.2) is 0 Å². The zero-order valence-corrected chi connectivity index (χ0v) is 18.9. The van der Waals surface area contributed by atoms with Crippen LogP contribution >= 0.6 is 0 Å². The quantitative estimate of drug-likeness (QED) is 0.678. The Balaban J connectivity index is 1.28. The third kappa shape index (κ3) is 4.42. The molecule has 7 nitrogen and oxygen atoms in total. The molecule has 10 heteroatoms. The topological polar surface area (TPSA) is 71.3 Å². The van der Waals surface area contributed by atoms with Crippen molar-refractivity contribution in [2.75, 3.05) is 24.5 Å². The second-order valence-electron chi connectivity index (χ2n) is 9.51. The minimum atomic E-state index is -4.49. The Labute approximate surface area is 195 Å². The van der Waals surface area contributed by atoms with Gasteiger partial charge in [0.15, 0.2) is 0 Å². The number of anilines is 1. The van der Waals surface area contributed by atoms with Gasteiger partial charge < -0.3 is 14.4 Å². The van der Waals surface area contributed by atoms with Crippen LogP contribution in [0.5, 0.6) is 0 Å². The number of carbonyl (C=O) groups excluding carboxylic acids is 2. The van der Waals surface area contributed by atoms with E-state index in [1.807, 2.05) is 0 Å². The van der Waals surface area contributed by atoms with Gasteiger partial charge in [0.2, 0.25) is 11.8 Å². The number of carbonyl (C=O) groups is 2. The van der Waals surface area contributed by atoms with Crippen molar-refractivity contribution in [1.29, 1.82) is 0 Å². The maximum Gasteiger partial charge on any atom is 0.416 e. The lowest BCUT2D eigenvalue weighted by Gasteiger charge is -2.34. The fourth-order valence-electron chi connectivity index (χ4n) is 5.43. The van der Waals surface area contributed by atoms with Crippen LogP contribution in [-0.2, 0) is 28.7 Å². The summed E-state index contributed by atoms with van der Waals surface area (Å²) < 4.78 is 41.5. The van der Waals surface area contributed by atoms with E-state index in [0.717, 1.165) is 62.4 Å². The number of piperidine rings is 1. The predicted molar refractivity (Wildman–Crippen MR) is 118 cm³/mol. The minimum absolute atomic E-state index is 0.0105. The number of halogens is 3. The molecule has 34 heavy (non-hydrogen) atoms. The molecule has 3 aliphatic heterocycles. The summed E-state index contributed by atoms with van der Waals surface area (Å²) in [6.45, 7) is 2.15. The molecule has 182 valence electrons. The van der Waals surface area contributed by atoms with Gasteiger partial charge >= 0.3 is 6.18 Å². The van der Waals surface area contributed by atoms with E-state index in [1.165, 1.54) is 23.5 Å². The predicted octanol–water partition coefficient (Wildman–Crippen LogP) is 3.78. The lowest BCUT2D eigenvalue weighted by atomic mass is 9.95. The Morgan fingerprint density at radius 2 is 1.88 bits per heavy atom. The summed E-state index contributed by atoms with van der Waals surface area (Å²) in [4.78, 5) is 29.1. The summed E-state index contributed by atoms with van der Waals surface area (Å²) in [5, 5.41) is 8.86. The molecule has 0 saturated carbocycles. The van der Waals surface area contributed by atoms with E-state index in [1.54, 1.807) is 4.90 Å². The average Bonchev–Trinajstić information content (AvgIpc) is 3.33. The molecular weight excluding hydrogens is 447 g/mol. The number of fused-ring (bicyclic) bond motifs is 1. The smallest absolute Gasteiger partial charge is 0.342 e. The summed E-state index contributed by atoms with van der Waals surface area (Å²) >= 11 is 0. The van der Waals surface area contributed by atoms with Gasteiger partial charge in [-0.15, -0.1) is 10.2 Å². The summed E-state index contributed by atoms with van der Waals surface area (Å²) in [5.41, 5.74) is -0.628. The van der Waals surface area contributed by atoms with Crippen LogP contribution in [0.1, 0.15) is 61.7 Å². The molecule has 2 unspecified atom stereocenters. The first-order chi connectivity index (χ1) is 16.3. The van der Waals surface area contributed by atoms with E-state index < -0.39 is 17.7 Å². The van der Waals surface area contributed by atoms with Crippen LogP contribution in [0.2, 0.25) is 0 Å². The Kier molecular flexibility index (Phi) is 6.07. The van der Waals surface area contributed by atoms with Gasteiger partial charge in [0.25, 0.3) is 0 Å². The molecule has 0 radical (unpaired) electrons. The van der Waals surface area contributed by atoms with Crippen molar-refractivity contribution in [3.05, 3.63) is 41.5 Å². The molecule has 0 aliphatic carbocycles. The molecule has 0 spiro atoms. The number of likely N-dealkylation sites (tertiary alicyclic amines) is 1. The van der Waals surface area contributed by atoms with Crippen molar-refractivity contribution in [2.24, 2.45) is 5.92 Å². The number of benzene rings is 1. The summed E-state index contributed by atoms with van der Waals surface area (Å²) in [7, 11) is 0. The monoisotopic (exact) mass is 475 g/mol. The second-order valence-corrected chi connectivity index (χ2v) is 9.51. The SMILES string of the molecule is O=C(C1CC(=O)N(c2cccc(C(F)(F)F)c2)C1)N1CCCC(c2nnc3n2CCCCC3)C1. The van der Waals surface area contributed by atoms with Gasteiger partial charge in [0, 0.05) is 50.6 Å². The summed E-state index contributed by atoms with van der Waals surface area (Å²) in [5.74, 6) is 1.08. The number of aromatic nitrogens is 3. The van der Waals surface area contributed by atoms with E-state index in [0.29, 0.717) is 13.1 Å². The van der Waals surface area contributed by atoms with Crippen molar-refractivity contribution in [3.8, 4) is 0 Å². The van der Waals surface area contributed by atoms with Crippen LogP contribution in [0.25, 0.3) is 0 Å². The molecule has 2 amide bonds. The van der Waals surface area contributed by atoms with E-state index in [2.05, 4.69) is 14.8 Å². The van der Waals surface area contributed by atoms with Gasteiger partial charge in [0.1, 0.15) is 11.6 Å². The molecule has 0 bridgehead atoms. The molecular formula is C24H28F3N5O2. The highest BCUT2D eigenvalue weighted by Crippen LogP contribution is 2.35. The third-order valence-corrected chi connectivity index (χ3v) is 7.20. The normalized spacial score (nSPS) is 23.7. The maximum atomic E-state index is 13.3. The van der Waals surface area contributed by atoms with Crippen molar-refractivity contribution >= 4 is 17.5 Å². The minimum Gasteiger partial charge on any atom is -0.342 e. The standard InChI is InChI=1S/C24H28F3N5O2/c25-24(26,27)18-7-4-8-19(13-18)32-15-17(12-21(32)33)23(34)30-10-5-6-16(14-30)22-29-28-20-9-2-1-3-11-31(20)22/h4,7-8,13,16-17H,1-3,5-6,9-12,14-15H2. The molecule has 2 saturated heterocycles. The van der Waals surface area contributed by atoms with Crippen LogP contribution in [-0.4, -0.2) is 51.1 Å². The summed E-state index contributed by atoms with van der Waals surface area (Å²) in [6, 6.07) is 4.72. The Morgan fingerprint density at radius 1 is 1.03 bits per heavy atom. The van der Waals surface area contributed by atoms with E-state index in [9.17, 15) is 22.8 Å². The van der Waals surface area contributed by atoms with Crippen molar-refractivity contribution in [2.45, 2.75) is 63.6 Å². The average molecular weight is 476 g/mol. The van der Waals surface area contributed by atoms with Crippen LogP contribution < -0.4 is 4.90 Å². The van der Waals surface area contributed by atoms with Crippen molar-refractivity contribution < 1.29 is 22.8 Å². The highest BCUT2D eigenvalue weighted by Gasteiger charge is 2.40. The second kappa shape index (κ2) is 9.03. The highest BCUT2D eigenvalue weighted by molar-refractivity contribution is 6.00. The van der Waals surface area contributed by atoms with Gasteiger partial charge in [-0.1, -0.05) is 12.5 Å². The number of nitrogens with zero attached hydrogens (tertiary/aromatic N) is 5. The molecule has 1 aromatic heterocycles. The molecule has 3 aliphatic rings. The first kappa shape index (κ1) is 22.9. The zero-order valence-electron chi connectivity index (χ0n) is 18.9. The molecule has 5 rings (SSSR count). The lowest BCUT2D eigenvalue weighted by Crippen LogP contribution is -2.43. The van der Waals surface area contributed by atoms with Crippen LogP contribution in [0.4, 0.5) is 18.9 Å². The zero-order chi connectivity index (χ0) is 23.9. The molecule has 2 atom stereocenters. The van der Waals surface area contributed by atoms with Gasteiger partial charge in [0.05, 0.1) is 11.5 Å². The number of amides is 2. The van der Waals surface area contributed by atoms with Crippen LogP contribution in [0.3, 0.4) is 0 Å². The molecule has 2 aromatic rings. The van der Waals surface area contributed by atoms with Crippen LogP contribution in [0, 0.1) is 5.92 Å². The Hall–Kier alpha value is -2.91. The number of alkyl halides is 3. The fraction of sp³-hybridized carbons (Fsp3) is 0.583. The largest absolute Gasteiger partial charge is 0.416 e. The van der Waals surface area contributed by atoms with Gasteiger partial charge in [-0.3, -0.25) is 9.59 Å².